The van der Waals surface area contributed by atoms with Gasteiger partial charge in [-0.2, -0.15) is 0 Å². The number of halogens is 2. The number of ether oxygens (including phenoxy) is 1. The molecule has 0 saturated carbocycles. The highest BCUT2D eigenvalue weighted by molar-refractivity contribution is 6.04. The zero-order chi connectivity index (χ0) is 13.8. The van der Waals surface area contributed by atoms with Gasteiger partial charge in [0.2, 0.25) is 0 Å². The lowest BCUT2D eigenvalue weighted by Crippen LogP contribution is -2.12. The molecule has 0 saturated heterocycles. The molecule has 0 heterocycles. The zero-order valence-electron chi connectivity index (χ0n) is 10.1. The Morgan fingerprint density at radius 3 is 2.16 bits per heavy atom. The summed E-state index contributed by atoms with van der Waals surface area (Å²) < 4.78 is 31.0. The van der Waals surface area contributed by atoms with Gasteiger partial charge in [0, 0.05) is 17.3 Å². The van der Waals surface area contributed by atoms with Crippen LogP contribution in [0.2, 0.25) is 0 Å². The van der Waals surface area contributed by atoms with Gasteiger partial charge in [-0.1, -0.05) is 0 Å². The number of methoxy groups -OCH3 is 1. The van der Waals surface area contributed by atoms with E-state index in [4.69, 9.17) is 4.74 Å². The molecule has 0 spiro atoms. The second kappa shape index (κ2) is 5.48. The van der Waals surface area contributed by atoms with E-state index in [1.807, 2.05) is 0 Å². The molecule has 1 N–H and O–H groups in total. The van der Waals surface area contributed by atoms with E-state index in [1.54, 1.807) is 24.3 Å². The van der Waals surface area contributed by atoms with Crippen LogP contribution in [-0.4, -0.2) is 13.0 Å². The third-order valence-electron chi connectivity index (χ3n) is 2.47. The minimum absolute atomic E-state index is 0.0756. The van der Waals surface area contributed by atoms with Crippen molar-refractivity contribution in [3.8, 4) is 5.75 Å². The number of nitrogens with one attached hydrogen (secondary N) is 1. The summed E-state index contributed by atoms with van der Waals surface area (Å²) in [5.74, 6) is -1.52. The van der Waals surface area contributed by atoms with Gasteiger partial charge in [-0.25, -0.2) is 8.78 Å². The van der Waals surface area contributed by atoms with Gasteiger partial charge in [-0.15, -0.1) is 0 Å². The molecule has 2 rings (SSSR count). The summed E-state index contributed by atoms with van der Waals surface area (Å²) in [4.78, 5) is 11.8. The molecule has 0 aromatic heterocycles. The van der Waals surface area contributed by atoms with E-state index >= 15 is 0 Å². The molecule has 1 amide bonds. The van der Waals surface area contributed by atoms with E-state index in [1.165, 1.54) is 7.11 Å². The molecule has 0 atom stereocenters. The van der Waals surface area contributed by atoms with Crippen LogP contribution in [0.5, 0.6) is 5.75 Å². The molecule has 2 aromatic rings. The van der Waals surface area contributed by atoms with E-state index in [0.717, 1.165) is 12.1 Å². The number of carbonyl (C=O) groups excluding carboxylic acids is 1. The predicted octanol–water partition coefficient (Wildman–Crippen LogP) is 3.23. The maximum atomic E-state index is 13.0. The fourth-order valence-electron chi connectivity index (χ4n) is 1.56. The van der Waals surface area contributed by atoms with Crippen molar-refractivity contribution in [3.05, 3.63) is 59.7 Å². The van der Waals surface area contributed by atoms with Gasteiger partial charge in [-0.3, -0.25) is 4.79 Å². The van der Waals surface area contributed by atoms with Gasteiger partial charge in [0.15, 0.2) is 0 Å². The van der Waals surface area contributed by atoms with Gasteiger partial charge in [0.05, 0.1) is 7.11 Å². The van der Waals surface area contributed by atoms with Crippen LogP contribution >= 0.6 is 0 Å². The Bertz CT molecular complexity index is 577. The molecule has 98 valence electrons. The van der Waals surface area contributed by atoms with Crippen molar-refractivity contribution in [2.45, 2.75) is 0 Å². The van der Waals surface area contributed by atoms with E-state index < -0.39 is 17.5 Å². The number of hydrogen-bond acceptors (Lipinski definition) is 2. The van der Waals surface area contributed by atoms with Gasteiger partial charge in [0.25, 0.3) is 5.91 Å². The van der Waals surface area contributed by atoms with Crippen molar-refractivity contribution >= 4 is 11.6 Å². The summed E-state index contributed by atoms with van der Waals surface area (Å²) in [5, 5.41) is 2.54. The number of rotatable bonds is 3. The summed E-state index contributed by atoms with van der Waals surface area (Å²) in [7, 11) is 1.53. The molecular weight excluding hydrogens is 252 g/mol. The molecule has 0 bridgehead atoms. The highest BCUT2D eigenvalue weighted by Crippen LogP contribution is 2.16. The Labute approximate surface area is 108 Å². The zero-order valence-corrected chi connectivity index (χ0v) is 10.1. The Morgan fingerprint density at radius 1 is 1.05 bits per heavy atom. The topological polar surface area (TPSA) is 38.3 Å². The largest absolute Gasteiger partial charge is 0.497 e. The number of anilines is 1. The first-order valence-corrected chi connectivity index (χ1v) is 5.50. The molecule has 0 unspecified atom stereocenters. The minimum Gasteiger partial charge on any atom is -0.497 e. The summed E-state index contributed by atoms with van der Waals surface area (Å²) in [6.45, 7) is 0. The van der Waals surface area contributed by atoms with Crippen molar-refractivity contribution in [2.75, 3.05) is 12.4 Å². The Hall–Kier alpha value is -2.43. The fraction of sp³-hybridized carbons (Fsp3) is 0.0714. The van der Waals surface area contributed by atoms with Crippen LogP contribution in [0.4, 0.5) is 14.5 Å². The van der Waals surface area contributed by atoms with E-state index in [2.05, 4.69) is 5.32 Å². The van der Waals surface area contributed by atoms with Crippen molar-refractivity contribution in [2.24, 2.45) is 0 Å². The Kier molecular flexibility index (Phi) is 3.75. The summed E-state index contributed by atoms with van der Waals surface area (Å²) in [6.07, 6.45) is 0. The molecule has 0 radical (unpaired) electrons. The predicted molar refractivity (Wildman–Crippen MR) is 67.3 cm³/mol. The molecule has 2 aromatic carbocycles. The molecule has 0 aliphatic rings. The Balaban J connectivity index is 2.15. The second-order valence-corrected chi connectivity index (χ2v) is 3.84. The number of hydrogen-bond donors (Lipinski definition) is 1. The van der Waals surface area contributed by atoms with E-state index in [0.29, 0.717) is 17.5 Å². The minimum atomic E-state index is -0.792. The Morgan fingerprint density at radius 2 is 1.63 bits per heavy atom. The van der Waals surface area contributed by atoms with Gasteiger partial charge >= 0.3 is 0 Å². The quantitative estimate of drug-likeness (QED) is 0.923. The second-order valence-electron chi connectivity index (χ2n) is 3.84. The number of amides is 1. The van der Waals surface area contributed by atoms with Crippen LogP contribution in [0.3, 0.4) is 0 Å². The van der Waals surface area contributed by atoms with E-state index in [9.17, 15) is 13.6 Å². The molecule has 19 heavy (non-hydrogen) atoms. The highest BCUT2D eigenvalue weighted by Gasteiger charge is 2.09. The van der Waals surface area contributed by atoms with Gasteiger partial charge in [0.1, 0.15) is 17.4 Å². The van der Waals surface area contributed by atoms with Crippen molar-refractivity contribution in [3.63, 3.8) is 0 Å². The first-order chi connectivity index (χ1) is 9.08. The van der Waals surface area contributed by atoms with Crippen LogP contribution in [0.15, 0.2) is 42.5 Å². The average molecular weight is 263 g/mol. The normalized spacial score (nSPS) is 10.1. The molecule has 0 aliphatic heterocycles. The average Bonchev–Trinajstić information content (AvgIpc) is 2.38. The summed E-state index contributed by atoms with van der Waals surface area (Å²) in [5.41, 5.74) is 0.434. The molecular formula is C14H11F2NO2. The number of carbonyl (C=O) groups is 1. The summed E-state index contributed by atoms with van der Waals surface area (Å²) >= 11 is 0. The third kappa shape index (κ3) is 3.28. The van der Waals surface area contributed by atoms with E-state index in [-0.39, 0.29) is 5.56 Å². The van der Waals surface area contributed by atoms with Crippen molar-refractivity contribution in [1.82, 2.24) is 0 Å². The first-order valence-electron chi connectivity index (χ1n) is 5.50. The molecule has 3 nitrogen and oxygen atoms in total. The first kappa shape index (κ1) is 13.0. The lowest BCUT2D eigenvalue weighted by Gasteiger charge is -2.06. The maximum absolute atomic E-state index is 13.0. The monoisotopic (exact) mass is 263 g/mol. The smallest absolute Gasteiger partial charge is 0.255 e. The molecule has 5 heteroatoms. The van der Waals surface area contributed by atoms with Crippen molar-refractivity contribution in [1.29, 1.82) is 0 Å². The maximum Gasteiger partial charge on any atom is 0.255 e. The summed E-state index contributed by atoms with van der Waals surface area (Å²) in [6, 6.07) is 9.26. The molecule has 0 fully saturated rings. The van der Waals surface area contributed by atoms with Crippen LogP contribution in [-0.2, 0) is 0 Å². The lowest BCUT2D eigenvalue weighted by molar-refractivity contribution is 0.102. The van der Waals surface area contributed by atoms with Gasteiger partial charge < -0.3 is 10.1 Å². The third-order valence-corrected chi connectivity index (χ3v) is 2.47. The number of benzene rings is 2. The standard InChI is InChI=1S/C14H11F2NO2/c1-19-13-4-2-12(3-5-13)17-14(18)9-6-10(15)8-11(16)7-9/h2-8H,1H3,(H,17,18). The van der Waals surface area contributed by atoms with Crippen LogP contribution in [0.25, 0.3) is 0 Å². The fourth-order valence-corrected chi connectivity index (χ4v) is 1.56. The van der Waals surface area contributed by atoms with Crippen LogP contribution in [0, 0.1) is 11.6 Å². The van der Waals surface area contributed by atoms with Crippen LogP contribution in [0.1, 0.15) is 10.4 Å². The van der Waals surface area contributed by atoms with Gasteiger partial charge in [-0.05, 0) is 36.4 Å². The SMILES string of the molecule is COc1ccc(NC(=O)c2cc(F)cc(F)c2)cc1. The highest BCUT2D eigenvalue weighted by atomic mass is 19.1. The van der Waals surface area contributed by atoms with Crippen LogP contribution < -0.4 is 10.1 Å². The van der Waals surface area contributed by atoms with Crippen molar-refractivity contribution < 1.29 is 18.3 Å². The molecule has 0 aliphatic carbocycles. The lowest BCUT2D eigenvalue weighted by atomic mass is 10.2.